The third-order valence-corrected chi connectivity index (χ3v) is 4.01. The summed E-state index contributed by atoms with van der Waals surface area (Å²) in [5.41, 5.74) is 3.29. The first-order valence-corrected chi connectivity index (χ1v) is 8.05. The Hall–Kier alpha value is -1.11. The first-order chi connectivity index (χ1) is 10.4. The molecule has 1 N–H and O–H groups in total. The predicted molar refractivity (Wildman–Crippen MR) is 92.9 cm³/mol. The molecule has 0 spiro atoms. The van der Waals surface area contributed by atoms with Gasteiger partial charge in [0.25, 0.3) is 0 Å². The molecular formula is C16H29ClN4O2. The van der Waals surface area contributed by atoms with Gasteiger partial charge in [0, 0.05) is 43.5 Å². The van der Waals surface area contributed by atoms with E-state index in [9.17, 15) is 4.79 Å². The van der Waals surface area contributed by atoms with E-state index in [1.165, 1.54) is 5.56 Å². The van der Waals surface area contributed by atoms with Crippen LogP contribution in [0.3, 0.4) is 0 Å². The van der Waals surface area contributed by atoms with Gasteiger partial charge >= 0.3 is 5.97 Å². The zero-order valence-corrected chi connectivity index (χ0v) is 15.6. The van der Waals surface area contributed by atoms with Crippen molar-refractivity contribution in [3.05, 3.63) is 17.0 Å². The lowest BCUT2D eigenvalue weighted by molar-refractivity contribution is -0.148. The predicted octanol–water partition coefficient (Wildman–Crippen LogP) is 1.67. The Morgan fingerprint density at radius 1 is 1.43 bits per heavy atom. The van der Waals surface area contributed by atoms with Crippen LogP contribution in [-0.2, 0) is 22.6 Å². The van der Waals surface area contributed by atoms with Crippen LogP contribution in [0.4, 0.5) is 0 Å². The summed E-state index contributed by atoms with van der Waals surface area (Å²) in [6.45, 7) is 14.1. The summed E-state index contributed by atoms with van der Waals surface area (Å²) >= 11 is 0. The van der Waals surface area contributed by atoms with Gasteiger partial charge in [-0.05, 0) is 34.6 Å². The monoisotopic (exact) mass is 344 g/mol. The van der Waals surface area contributed by atoms with Crippen LogP contribution in [-0.4, -0.2) is 52.4 Å². The summed E-state index contributed by atoms with van der Waals surface area (Å²) in [6.07, 6.45) is -0.0914. The van der Waals surface area contributed by atoms with E-state index in [1.807, 2.05) is 27.7 Å². The minimum absolute atomic E-state index is 0. The lowest BCUT2D eigenvalue weighted by Gasteiger charge is -2.31. The Morgan fingerprint density at radius 3 is 2.74 bits per heavy atom. The Morgan fingerprint density at radius 2 is 2.13 bits per heavy atom. The molecule has 6 nitrogen and oxygen atoms in total. The van der Waals surface area contributed by atoms with Crippen molar-refractivity contribution in [2.24, 2.45) is 0 Å². The maximum Gasteiger partial charge on any atom is 0.328 e. The van der Waals surface area contributed by atoms with Gasteiger partial charge in [0.1, 0.15) is 6.54 Å². The maximum absolute atomic E-state index is 11.8. The number of rotatable bonds is 5. The van der Waals surface area contributed by atoms with Gasteiger partial charge in [0.2, 0.25) is 0 Å². The average Bonchev–Trinajstić information content (AvgIpc) is 2.65. The van der Waals surface area contributed by atoms with Crippen LogP contribution < -0.4 is 5.32 Å². The smallest absolute Gasteiger partial charge is 0.328 e. The summed E-state index contributed by atoms with van der Waals surface area (Å²) < 4.78 is 6.97. The highest BCUT2D eigenvalue weighted by atomic mass is 35.5. The highest BCUT2D eigenvalue weighted by molar-refractivity contribution is 5.85. The van der Waals surface area contributed by atoms with Gasteiger partial charge in [0.15, 0.2) is 0 Å². The van der Waals surface area contributed by atoms with Crippen molar-refractivity contribution in [2.45, 2.75) is 59.9 Å². The minimum Gasteiger partial charge on any atom is -0.462 e. The molecule has 1 atom stereocenters. The third kappa shape index (κ3) is 5.48. The molecule has 1 fully saturated rings. The van der Waals surface area contributed by atoms with E-state index in [4.69, 9.17) is 4.74 Å². The van der Waals surface area contributed by atoms with Gasteiger partial charge in [-0.1, -0.05) is 0 Å². The second-order valence-electron chi connectivity index (χ2n) is 6.44. The topological polar surface area (TPSA) is 59.4 Å². The first kappa shape index (κ1) is 19.9. The van der Waals surface area contributed by atoms with Crippen molar-refractivity contribution in [3.63, 3.8) is 0 Å². The Balaban J connectivity index is 0.00000264. The number of carbonyl (C=O) groups is 1. The Labute approximate surface area is 145 Å². The highest BCUT2D eigenvalue weighted by Gasteiger charge is 2.20. The summed E-state index contributed by atoms with van der Waals surface area (Å²) in [4.78, 5) is 14.3. The fraction of sp³-hybridized carbons (Fsp3) is 0.750. The summed E-state index contributed by atoms with van der Waals surface area (Å²) in [5, 5.41) is 7.97. The standard InChI is InChI=1S/C16H28N4O2.ClH/c1-11(2)22-16(21)10-20-14(5)15(13(4)18-20)9-19-7-6-17-12(3)8-19;/h11-12,17H,6-10H2,1-5H3;1H/t12-;/m1./s1. The Bertz CT molecular complexity index is 530. The molecule has 0 saturated carbocycles. The third-order valence-electron chi connectivity index (χ3n) is 4.01. The number of carbonyl (C=O) groups excluding carboxylic acids is 1. The molecule has 7 heteroatoms. The molecular weight excluding hydrogens is 316 g/mol. The number of piperazine rings is 1. The SMILES string of the molecule is Cc1nn(CC(=O)OC(C)C)c(C)c1CN1CCN[C@H](C)C1.Cl. The lowest BCUT2D eigenvalue weighted by Crippen LogP contribution is -2.48. The van der Waals surface area contributed by atoms with Crippen molar-refractivity contribution in [1.29, 1.82) is 0 Å². The summed E-state index contributed by atoms with van der Waals surface area (Å²) in [6, 6.07) is 0.519. The molecule has 0 radical (unpaired) electrons. The molecule has 23 heavy (non-hydrogen) atoms. The van der Waals surface area contributed by atoms with Crippen LogP contribution in [0.15, 0.2) is 0 Å². The van der Waals surface area contributed by atoms with E-state index in [-0.39, 0.29) is 31.0 Å². The molecule has 2 rings (SSSR count). The normalized spacial score (nSPS) is 18.8. The molecule has 1 aromatic rings. The second kappa shape index (κ2) is 8.66. The van der Waals surface area contributed by atoms with Gasteiger partial charge in [-0.3, -0.25) is 14.4 Å². The minimum atomic E-state index is -0.233. The number of esters is 1. The molecule has 0 amide bonds. The highest BCUT2D eigenvalue weighted by Crippen LogP contribution is 2.17. The number of nitrogens with zero attached hydrogens (tertiary/aromatic N) is 3. The van der Waals surface area contributed by atoms with Crippen molar-refractivity contribution < 1.29 is 9.53 Å². The van der Waals surface area contributed by atoms with E-state index >= 15 is 0 Å². The van der Waals surface area contributed by atoms with Gasteiger partial charge < -0.3 is 10.1 Å². The molecule has 1 aromatic heterocycles. The van der Waals surface area contributed by atoms with Gasteiger partial charge in [-0.25, -0.2) is 0 Å². The summed E-state index contributed by atoms with van der Waals surface area (Å²) in [7, 11) is 0. The van der Waals surface area contributed by atoms with Gasteiger partial charge in [0.05, 0.1) is 11.8 Å². The van der Waals surface area contributed by atoms with E-state index < -0.39 is 0 Å². The fourth-order valence-corrected chi connectivity index (χ4v) is 2.92. The maximum atomic E-state index is 11.8. The number of aromatic nitrogens is 2. The quantitative estimate of drug-likeness (QED) is 0.823. The number of nitrogens with one attached hydrogen (secondary N) is 1. The van der Waals surface area contributed by atoms with E-state index in [2.05, 4.69) is 22.2 Å². The van der Waals surface area contributed by atoms with Crippen molar-refractivity contribution in [2.75, 3.05) is 19.6 Å². The van der Waals surface area contributed by atoms with E-state index in [0.29, 0.717) is 6.04 Å². The van der Waals surface area contributed by atoms with Gasteiger partial charge in [-0.15, -0.1) is 12.4 Å². The number of hydrogen-bond donors (Lipinski definition) is 1. The number of hydrogen-bond acceptors (Lipinski definition) is 5. The van der Waals surface area contributed by atoms with Crippen LogP contribution in [0.25, 0.3) is 0 Å². The molecule has 0 aliphatic carbocycles. The van der Waals surface area contributed by atoms with Crippen molar-refractivity contribution in [1.82, 2.24) is 20.0 Å². The molecule has 2 heterocycles. The van der Waals surface area contributed by atoms with Crippen molar-refractivity contribution >= 4 is 18.4 Å². The zero-order chi connectivity index (χ0) is 16.3. The van der Waals surface area contributed by atoms with Crippen LogP contribution in [0, 0.1) is 13.8 Å². The average molecular weight is 345 g/mol. The van der Waals surface area contributed by atoms with Crippen LogP contribution >= 0.6 is 12.4 Å². The molecule has 1 saturated heterocycles. The molecule has 0 bridgehead atoms. The van der Waals surface area contributed by atoms with Gasteiger partial charge in [-0.2, -0.15) is 5.10 Å². The number of halogens is 1. The van der Waals surface area contributed by atoms with Crippen molar-refractivity contribution in [3.8, 4) is 0 Å². The van der Waals surface area contributed by atoms with E-state index in [0.717, 1.165) is 37.6 Å². The van der Waals surface area contributed by atoms with Crippen LogP contribution in [0.2, 0.25) is 0 Å². The lowest BCUT2D eigenvalue weighted by atomic mass is 10.1. The molecule has 1 aliphatic rings. The Kier molecular flexibility index (Phi) is 7.51. The number of ether oxygens (including phenoxy) is 1. The largest absolute Gasteiger partial charge is 0.462 e. The summed E-state index contributed by atoms with van der Waals surface area (Å²) in [5.74, 6) is -0.233. The molecule has 0 aromatic carbocycles. The molecule has 132 valence electrons. The second-order valence-corrected chi connectivity index (χ2v) is 6.44. The van der Waals surface area contributed by atoms with E-state index in [1.54, 1.807) is 4.68 Å². The fourth-order valence-electron chi connectivity index (χ4n) is 2.92. The van der Waals surface area contributed by atoms with Crippen LogP contribution in [0.1, 0.15) is 37.7 Å². The number of aryl methyl sites for hydroxylation is 1. The molecule has 1 aliphatic heterocycles. The first-order valence-electron chi connectivity index (χ1n) is 8.05. The zero-order valence-electron chi connectivity index (χ0n) is 14.8. The van der Waals surface area contributed by atoms with Crippen LogP contribution in [0.5, 0.6) is 0 Å². The molecule has 0 unspecified atom stereocenters.